The van der Waals surface area contributed by atoms with E-state index in [2.05, 4.69) is 15.9 Å². The van der Waals surface area contributed by atoms with Gasteiger partial charge in [-0.3, -0.25) is 29.3 Å². The molecule has 0 aromatic heterocycles. The van der Waals surface area contributed by atoms with Gasteiger partial charge in [0, 0.05) is 27.7 Å². The molecule has 0 unspecified atom stereocenters. The molecule has 5 rings (SSSR count). The number of carbonyl (C=O) groups excluding carboxylic acids is 5. The van der Waals surface area contributed by atoms with Gasteiger partial charge < -0.3 is 4.74 Å². The predicted octanol–water partition coefficient (Wildman–Crippen LogP) is 5.24. The number of esters is 1. The molecular weight excluding hydrogens is 622 g/mol. The summed E-state index contributed by atoms with van der Waals surface area (Å²) < 4.78 is 6.18. The van der Waals surface area contributed by atoms with Crippen LogP contribution in [0.1, 0.15) is 57.3 Å². The standard InChI is InChI=1S/C31H26BrN3O8/c1-18-2-15-25-26(16-18)30(39)34(29(25)38)33(28(37)20-5-11-23(12-6-20)35(41)42)17-27(36)19-7-13-24(14-8-19)43-31(40)21-3-9-22(32)10-4-21/h3-14,18,25-26H,2,15-17H2,1H3/t18-,25-,26+/m1/s1. The summed E-state index contributed by atoms with van der Waals surface area (Å²) in [7, 11) is 0. The number of ketones is 1. The number of nitro groups is 1. The van der Waals surface area contributed by atoms with Crippen LogP contribution in [-0.2, 0) is 9.59 Å². The quantitative estimate of drug-likeness (QED) is 0.0806. The third-order valence-electron chi connectivity index (χ3n) is 7.73. The second-order valence-corrected chi connectivity index (χ2v) is 11.5. The lowest BCUT2D eigenvalue weighted by molar-refractivity contribution is -0.384. The number of carbonyl (C=O) groups is 5. The van der Waals surface area contributed by atoms with Crippen molar-refractivity contribution in [2.45, 2.75) is 26.2 Å². The van der Waals surface area contributed by atoms with Gasteiger partial charge in [-0.1, -0.05) is 22.9 Å². The first-order valence-electron chi connectivity index (χ1n) is 13.6. The molecule has 0 spiro atoms. The normalized spacial score (nSPS) is 19.5. The number of hydrazine groups is 1. The first kappa shape index (κ1) is 29.8. The van der Waals surface area contributed by atoms with E-state index in [4.69, 9.17) is 4.74 Å². The number of ether oxygens (including phenoxy) is 1. The van der Waals surface area contributed by atoms with E-state index in [1.54, 1.807) is 24.3 Å². The summed E-state index contributed by atoms with van der Waals surface area (Å²) in [5.74, 6) is -3.82. The lowest BCUT2D eigenvalue weighted by Gasteiger charge is -2.30. The van der Waals surface area contributed by atoms with Gasteiger partial charge in [0.2, 0.25) is 0 Å². The van der Waals surface area contributed by atoms with Crippen LogP contribution >= 0.6 is 15.9 Å². The van der Waals surface area contributed by atoms with Crippen LogP contribution in [0.4, 0.5) is 5.69 Å². The first-order valence-corrected chi connectivity index (χ1v) is 14.4. The number of hydrogen-bond donors (Lipinski definition) is 0. The molecule has 3 amide bonds. The first-order chi connectivity index (χ1) is 20.5. The smallest absolute Gasteiger partial charge is 0.343 e. The van der Waals surface area contributed by atoms with Crippen molar-refractivity contribution < 1.29 is 33.6 Å². The number of non-ortho nitro benzene ring substituents is 1. The maximum Gasteiger partial charge on any atom is 0.343 e. The number of benzene rings is 3. The Balaban J connectivity index is 1.38. The molecule has 2 aliphatic rings. The zero-order valence-electron chi connectivity index (χ0n) is 23.0. The Kier molecular flexibility index (Phi) is 8.49. The number of nitro benzene ring substituents is 1. The van der Waals surface area contributed by atoms with Crippen LogP contribution in [0.5, 0.6) is 5.75 Å². The zero-order chi connectivity index (χ0) is 30.8. The third-order valence-corrected chi connectivity index (χ3v) is 8.25. The number of fused-ring (bicyclic) bond motifs is 1. The van der Waals surface area contributed by atoms with E-state index in [0.717, 1.165) is 33.0 Å². The lowest BCUT2D eigenvalue weighted by Crippen LogP contribution is -2.52. The van der Waals surface area contributed by atoms with Crippen molar-refractivity contribution in [1.29, 1.82) is 0 Å². The van der Waals surface area contributed by atoms with Gasteiger partial charge in [0.1, 0.15) is 12.3 Å². The van der Waals surface area contributed by atoms with E-state index in [1.807, 2.05) is 6.92 Å². The van der Waals surface area contributed by atoms with Crippen molar-refractivity contribution in [2.24, 2.45) is 17.8 Å². The van der Waals surface area contributed by atoms with Crippen molar-refractivity contribution in [1.82, 2.24) is 10.0 Å². The highest BCUT2D eigenvalue weighted by Crippen LogP contribution is 2.41. The fourth-order valence-corrected chi connectivity index (χ4v) is 5.67. The van der Waals surface area contributed by atoms with Gasteiger partial charge in [-0.05, 0) is 85.8 Å². The van der Waals surface area contributed by atoms with Crippen LogP contribution in [0.15, 0.2) is 77.3 Å². The van der Waals surface area contributed by atoms with Gasteiger partial charge in [-0.15, -0.1) is 0 Å². The minimum atomic E-state index is -0.823. The number of imide groups is 1. The summed E-state index contributed by atoms with van der Waals surface area (Å²) in [5, 5.41) is 12.7. The highest BCUT2D eigenvalue weighted by Gasteiger charge is 2.52. The molecule has 1 aliphatic carbocycles. The van der Waals surface area contributed by atoms with Crippen molar-refractivity contribution in [3.63, 3.8) is 0 Å². The molecule has 3 aromatic rings. The molecule has 1 aliphatic heterocycles. The fourth-order valence-electron chi connectivity index (χ4n) is 5.41. The molecular formula is C31H26BrN3O8. The zero-order valence-corrected chi connectivity index (χ0v) is 24.6. The van der Waals surface area contributed by atoms with Gasteiger partial charge >= 0.3 is 5.97 Å². The van der Waals surface area contributed by atoms with Crippen LogP contribution in [0.2, 0.25) is 0 Å². The summed E-state index contributed by atoms with van der Waals surface area (Å²) >= 11 is 3.30. The number of hydrogen-bond acceptors (Lipinski definition) is 8. The van der Waals surface area contributed by atoms with Crippen LogP contribution in [0.25, 0.3) is 0 Å². The maximum atomic E-state index is 13.7. The van der Waals surface area contributed by atoms with E-state index >= 15 is 0 Å². The van der Waals surface area contributed by atoms with Gasteiger partial charge in [-0.2, -0.15) is 5.01 Å². The van der Waals surface area contributed by atoms with Gasteiger partial charge in [-0.25, -0.2) is 9.80 Å². The summed E-state index contributed by atoms with van der Waals surface area (Å²) in [5.41, 5.74) is 0.208. The molecule has 220 valence electrons. The summed E-state index contributed by atoms with van der Waals surface area (Å²) in [4.78, 5) is 76.9. The monoisotopic (exact) mass is 647 g/mol. The maximum absolute atomic E-state index is 13.7. The van der Waals surface area contributed by atoms with Gasteiger partial charge in [0.05, 0.1) is 22.3 Å². The molecule has 43 heavy (non-hydrogen) atoms. The van der Waals surface area contributed by atoms with E-state index in [0.29, 0.717) is 18.4 Å². The molecule has 1 saturated heterocycles. The van der Waals surface area contributed by atoms with E-state index < -0.39 is 52.8 Å². The van der Waals surface area contributed by atoms with Crippen molar-refractivity contribution in [3.05, 3.63) is 104 Å². The summed E-state index contributed by atoms with van der Waals surface area (Å²) in [6.07, 6.45) is 1.77. The highest BCUT2D eigenvalue weighted by atomic mass is 79.9. The summed E-state index contributed by atoms with van der Waals surface area (Å²) in [6.45, 7) is 1.36. The number of amides is 3. The number of halogens is 1. The molecule has 2 fully saturated rings. The Morgan fingerprint density at radius 2 is 1.47 bits per heavy atom. The van der Waals surface area contributed by atoms with Crippen LogP contribution in [0.3, 0.4) is 0 Å². The number of Topliss-reactive ketones (excluding diaryl/α,β-unsaturated/α-hetero) is 1. The van der Waals surface area contributed by atoms with Crippen molar-refractivity contribution >= 4 is 51.1 Å². The Morgan fingerprint density at radius 3 is 2.09 bits per heavy atom. The molecule has 0 bridgehead atoms. The average Bonchev–Trinajstić information content (AvgIpc) is 3.24. The second kappa shape index (κ2) is 12.3. The van der Waals surface area contributed by atoms with Crippen molar-refractivity contribution in [2.75, 3.05) is 6.54 Å². The third kappa shape index (κ3) is 6.24. The largest absolute Gasteiger partial charge is 0.423 e. The van der Waals surface area contributed by atoms with E-state index in [9.17, 15) is 34.1 Å². The van der Waals surface area contributed by atoms with Gasteiger partial charge in [0.25, 0.3) is 23.4 Å². The molecule has 1 saturated carbocycles. The topological polar surface area (TPSA) is 144 Å². The highest BCUT2D eigenvalue weighted by molar-refractivity contribution is 9.10. The molecule has 3 atom stereocenters. The van der Waals surface area contributed by atoms with Crippen molar-refractivity contribution in [3.8, 4) is 5.75 Å². The Hall–Kier alpha value is -4.71. The molecule has 0 radical (unpaired) electrons. The van der Waals surface area contributed by atoms with E-state index in [-0.39, 0.29) is 28.5 Å². The summed E-state index contributed by atoms with van der Waals surface area (Å²) in [6, 6.07) is 17.0. The SMILES string of the molecule is C[C@@H]1CC[C@H]2C(=O)N(N(CC(=O)c3ccc(OC(=O)c4ccc(Br)cc4)cc3)C(=O)c3ccc([N+](=O)[O-])cc3)C(=O)[C@H]2C1. The molecule has 12 heteroatoms. The molecule has 3 aromatic carbocycles. The Bertz CT molecular complexity index is 1610. The van der Waals surface area contributed by atoms with Crippen LogP contribution < -0.4 is 4.74 Å². The second-order valence-electron chi connectivity index (χ2n) is 10.6. The lowest BCUT2D eigenvalue weighted by atomic mass is 9.76. The number of nitrogens with zero attached hydrogens (tertiary/aromatic N) is 3. The van der Waals surface area contributed by atoms with Crippen LogP contribution in [0, 0.1) is 27.9 Å². The minimum Gasteiger partial charge on any atom is -0.423 e. The molecule has 11 nitrogen and oxygen atoms in total. The number of rotatable bonds is 8. The van der Waals surface area contributed by atoms with E-state index in [1.165, 1.54) is 36.4 Å². The fraction of sp³-hybridized carbons (Fsp3) is 0.258. The molecule has 0 N–H and O–H groups in total. The molecule has 1 heterocycles. The Labute approximate surface area is 254 Å². The predicted molar refractivity (Wildman–Crippen MR) is 156 cm³/mol. The van der Waals surface area contributed by atoms with Crippen LogP contribution in [-0.4, -0.2) is 51.0 Å². The Morgan fingerprint density at radius 1 is 0.884 bits per heavy atom. The van der Waals surface area contributed by atoms with Gasteiger partial charge in [0.15, 0.2) is 5.78 Å². The minimum absolute atomic E-state index is 0.0301. The average molecular weight is 648 g/mol.